The zero-order valence-corrected chi connectivity index (χ0v) is 45.0. The second-order valence-electron chi connectivity index (χ2n) is 22.6. The number of nitrogens with zero attached hydrogens (tertiary/aromatic N) is 3. The molecule has 9 rings (SSSR count). The molecule has 0 fully saturated rings. The van der Waals surface area contributed by atoms with Crippen molar-refractivity contribution in [3.63, 3.8) is 0 Å². The van der Waals surface area contributed by atoms with Gasteiger partial charge in [-0.15, -0.1) is 29.3 Å². The molecule has 0 atom stereocenters. The Hall–Kier alpha value is -6.35. The van der Waals surface area contributed by atoms with Gasteiger partial charge in [-0.2, -0.15) is 0 Å². The van der Waals surface area contributed by atoms with E-state index >= 15 is 0 Å². The van der Waals surface area contributed by atoms with E-state index in [1.165, 1.54) is 6.20 Å². The summed E-state index contributed by atoms with van der Waals surface area (Å²) >= 11 is 0. The van der Waals surface area contributed by atoms with Crippen LogP contribution >= 0.6 is 0 Å². The number of pyridine rings is 1. The number of hydrogen-bond donors (Lipinski definition) is 1. The molecule has 0 saturated carbocycles. The second-order valence-corrected chi connectivity index (χ2v) is 22.6. The van der Waals surface area contributed by atoms with Gasteiger partial charge in [0.1, 0.15) is 11.6 Å². The number of imidazole rings is 1. The van der Waals surface area contributed by atoms with Crippen molar-refractivity contribution >= 4 is 11.0 Å². The number of phenolic OH excluding ortho intramolecular Hbond substituents is 1. The molecule has 0 aliphatic heterocycles. The van der Waals surface area contributed by atoms with Crippen LogP contribution in [0.25, 0.3) is 83.9 Å². The molecule has 71 heavy (non-hydrogen) atoms. The number of aryl methyl sites for hydroxylation is 1. The van der Waals surface area contributed by atoms with Gasteiger partial charge in [0, 0.05) is 52.3 Å². The number of rotatable bonds is 7. The molecule has 2 aromatic heterocycles. The first kappa shape index (κ1) is 39.3. The molecular formula is C66H68N3OPt-. The maximum Gasteiger partial charge on any atom is 0.148 e. The quantitative estimate of drug-likeness (QED) is 0.162. The molecule has 0 saturated heterocycles. The molecule has 0 amide bonds. The van der Waals surface area contributed by atoms with Crippen molar-refractivity contribution in [2.24, 2.45) is 0 Å². The molecular weight excluding hydrogens is 1050 g/mol. The number of benzene rings is 7. The van der Waals surface area contributed by atoms with Crippen molar-refractivity contribution in [3.8, 4) is 78.6 Å². The predicted molar refractivity (Wildman–Crippen MR) is 296 cm³/mol. The number of aromatic nitrogens is 3. The van der Waals surface area contributed by atoms with Crippen LogP contribution in [0.3, 0.4) is 0 Å². The van der Waals surface area contributed by atoms with Gasteiger partial charge in [-0.1, -0.05) is 203 Å². The molecule has 0 aliphatic carbocycles. The minimum Gasteiger partial charge on any atom is -0.507 e. The third kappa shape index (κ3) is 10.2. The van der Waals surface area contributed by atoms with Gasteiger partial charge >= 0.3 is 0 Å². The van der Waals surface area contributed by atoms with Crippen LogP contribution in [0.15, 0.2) is 152 Å². The predicted octanol–water partition coefficient (Wildman–Crippen LogP) is 17.7. The molecule has 1 N–H and O–H groups in total. The largest absolute Gasteiger partial charge is 0.507 e. The van der Waals surface area contributed by atoms with E-state index in [4.69, 9.17) is 23.7 Å². The van der Waals surface area contributed by atoms with Crippen LogP contribution in [0, 0.1) is 19.8 Å². The average Bonchev–Trinajstić information content (AvgIpc) is 3.80. The zero-order chi connectivity index (χ0) is 58.6. The Kier molecular flexibility index (Phi) is 10.5. The fourth-order valence-electron chi connectivity index (χ4n) is 9.04. The van der Waals surface area contributed by atoms with Crippen LogP contribution in [-0.2, 0) is 42.7 Å². The molecule has 9 aromatic rings. The molecule has 0 radical (unpaired) electrons. The van der Waals surface area contributed by atoms with Crippen LogP contribution in [-0.4, -0.2) is 19.6 Å². The Bertz CT molecular complexity index is 3860. The van der Waals surface area contributed by atoms with E-state index in [1.54, 1.807) is 18.2 Å². The fraction of sp³-hybridized carbons (Fsp3) is 0.273. The van der Waals surface area contributed by atoms with Crippen LogP contribution in [0.1, 0.15) is 130 Å². The number of hydrogen-bond acceptors (Lipinski definition) is 3. The van der Waals surface area contributed by atoms with E-state index in [1.807, 2.05) is 71.3 Å². The Morgan fingerprint density at radius 3 is 1.82 bits per heavy atom. The van der Waals surface area contributed by atoms with Gasteiger partial charge in [-0.3, -0.25) is 9.55 Å². The zero-order valence-electron chi connectivity index (χ0n) is 52.7. The summed E-state index contributed by atoms with van der Waals surface area (Å²) in [6, 6.07) is 40.4. The minimum absolute atomic E-state index is 0. The molecule has 364 valence electrons. The number of para-hydroxylation sites is 1. The van der Waals surface area contributed by atoms with Gasteiger partial charge in [0.2, 0.25) is 0 Å². The maximum atomic E-state index is 12.8. The first-order valence-corrected chi connectivity index (χ1v) is 24.0. The molecule has 0 unspecified atom stereocenters. The Labute approximate surface area is 451 Å². The summed E-state index contributed by atoms with van der Waals surface area (Å²) in [6.45, 7) is 20.0. The average molecular weight is 1120 g/mol. The summed E-state index contributed by atoms with van der Waals surface area (Å²) in [6.07, 6.45) is 1.52. The van der Waals surface area contributed by atoms with E-state index in [0.717, 1.165) is 38.9 Å². The number of fused-ring (bicyclic) bond motifs is 1. The summed E-state index contributed by atoms with van der Waals surface area (Å²) in [4.78, 5) is 10.4. The van der Waals surface area contributed by atoms with Crippen LogP contribution in [0.2, 0.25) is 0 Å². The Morgan fingerprint density at radius 2 is 1.18 bits per heavy atom. The molecule has 0 aliphatic rings. The molecule has 0 bridgehead atoms. The van der Waals surface area contributed by atoms with Gasteiger partial charge in [0.15, 0.2) is 0 Å². The summed E-state index contributed by atoms with van der Waals surface area (Å²) in [5.74, 6) is 0.449. The van der Waals surface area contributed by atoms with Gasteiger partial charge in [-0.05, 0) is 110 Å². The van der Waals surface area contributed by atoms with Crippen molar-refractivity contribution < 1.29 is 39.9 Å². The first-order valence-electron chi connectivity index (χ1n) is 29.0. The minimum atomic E-state index is -2.86. The van der Waals surface area contributed by atoms with Crippen molar-refractivity contribution in [2.75, 3.05) is 0 Å². The molecule has 5 heteroatoms. The van der Waals surface area contributed by atoms with E-state index in [2.05, 4.69) is 126 Å². The van der Waals surface area contributed by atoms with Gasteiger partial charge < -0.3 is 5.11 Å². The van der Waals surface area contributed by atoms with Crippen molar-refractivity contribution in [1.82, 2.24) is 14.5 Å². The Balaban J connectivity index is 0.00000860. The Morgan fingerprint density at radius 1 is 0.535 bits per heavy atom. The SMILES string of the molecule is [2H]c1c([2H])c(C([2H])([2H])[2H])c([2H])c([2H])c1-c1ccnc(-c2[c-]c(-c3cccc4c3nc(-c3cc(C(C)(C)C)cc(C(C)(C)C)c3O)n4-c3cc(C([2H])([2H])[2H])c(-c4ccccc4)cc3-c3ccc(C(C)(C)C)cc3)cc(C(C)(C)C)c2)c1.[Pt]. The monoisotopic (exact) mass is 1120 g/mol. The summed E-state index contributed by atoms with van der Waals surface area (Å²) < 4.78 is 88.3. The van der Waals surface area contributed by atoms with Crippen molar-refractivity contribution in [1.29, 1.82) is 0 Å². The summed E-state index contributed by atoms with van der Waals surface area (Å²) in [7, 11) is 0. The van der Waals surface area contributed by atoms with E-state index < -0.39 is 54.3 Å². The normalized spacial score (nSPS) is 14.7. The fourth-order valence-corrected chi connectivity index (χ4v) is 9.04. The van der Waals surface area contributed by atoms with Gasteiger partial charge in [0.25, 0.3) is 0 Å². The first-order chi connectivity index (χ1) is 37.0. The van der Waals surface area contributed by atoms with Crippen LogP contribution in [0.5, 0.6) is 5.75 Å². The van der Waals surface area contributed by atoms with Crippen LogP contribution < -0.4 is 0 Å². The molecule has 7 aromatic carbocycles. The van der Waals surface area contributed by atoms with E-state index in [0.29, 0.717) is 61.6 Å². The second kappa shape index (κ2) is 19.0. The van der Waals surface area contributed by atoms with Crippen LogP contribution in [0.4, 0.5) is 0 Å². The van der Waals surface area contributed by atoms with Crippen molar-refractivity contribution in [3.05, 3.63) is 191 Å². The standard InChI is InChI=1S/C66H68N3O.Pt/c1-41-23-25-43(26-24-41)46-31-32-67-57(37-46)48-34-47(35-50(36-48)64(6,7)8)52-21-18-22-58-60(52)68-62(55-38-51(65(9,10)11)39-56(61(55)70)66(12,13)14)69(58)59-33-42(2)53(44-19-16-15-17-20-44)40-54(59)45-27-29-49(30-28-45)63(3,4)5;/h15-33,35-40,70H,1-14H3;/q-1;/i1D3,2D3,23D,24D,25D,26D;. The summed E-state index contributed by atoms with van der Waals surface area (Å²) in [5.41, 5.74) is 9.50. The number of phenols is 1. The molecule has 4 nitrogen and oxygen atoms in total. The number of aromatic hydroxyl groups is 1. The smallest absolute Gasteiger partial charge is 0.148 e. The van der Waals surface area contributed by atoms with Crippen molar-refractivity contribution in [2.45, 2.75) is 118 Å². The molecule has 2 heterocycles. The third-order valence-electron chi connectivity index (χ3n) is 13.2. The van der Waals surface area contributed by atoms with E-state index in [9.17, 15) is 5.11 Å². The van der Waals surface area contributed by atoms with Gasteiger partial charge in [-0.25, -0.2) is 4.98 Å². The van der Waals surface area contributed by atoms with Gasteiger partial charge in [0.05, 0.1) is 27.8 Å². The molecule has 0 spiro atoms. The van der Waals surface area contributed by atoms with E-state index in [-0.39, 0.29) is 48.8 Å². The maximum absolute atomic E-state index is 12.8. The summed E-state index contributed by atoms with van der Waals surface area (Å²) in [5, 5.41) is 12.8. The topological polar surface area (TPSA) is 50.9 Å². The third-order valence-corrected chi connectivity index (χ3v) is 13.2.